The van der Waals surface area contributed by atoms with Crippen LogP contribution in [0.1, 0.15) is 61.1 Å². The Morgan fingerprint density at radius 2 is 1.25 bits per heavy atom. The molecular weight excluding hydrogens is 452 g/mol. The average molecular weight is 487 g/mol. The number of hydrogen-bond donors (Lipinski definition) is 0. The molecule has 36 heavy (non-hydrogen) atoms. The summed E-state index contributed by atoms with van der Waals surface area (Å²) in [7, 11) is 1.74. The maximum Gasteiger partial charge on any atom is 0.258 e. The van der Waals surface area contributed by atoms with Crippen molar-refractivity contribution in [1.82, 2.24) is 0 Å². The van der Waals surface area contributed by atoms with Crippen LogP contribution in [0.25, 0.3) is 0 Å². The van der Waals surface area contributed by atoms with Crippen LogP contribution in [0, 0.1) is 0 Å². The van der Waals surface area contributed by atoms with E-state index in [-0.39, 0.29) is 17.7 Å². The minimum absolute atomic E-state index is 0.240. The van der Waals surface area contributed by atoms with Crippen LogP contribution in [-0.2, 0) is 51.3 Å². The number of nitrogens with zero attached hydrogens (tertiary/aromatic N) is 2. The molecule has 6 nitrogen and oxygen atoms in total. The molecule has 6 heteroatoms. The number of amides is 3. The number of aldehydes is 1. The second-order valence-electron chi connectivity index (χ2n) is 8.85. The first-order chi connectivity index (χ1) is 17.3. The van der Waals surface area contributed by atoms with Gasteiger partial charge in [-0.25, -0.2) is 4.90 Å². The molecule has 1 aliphatic heterocycles. The molecule has 0 aromatic heterocycles. The Morgan fingerprint density at radius 3 is 1.67 bits per heavy atom. The highest BCUT2D eigenvalue weighted by atomic mass is 16.2. The highest BCUT2D eigenvalue weighted by Gasteiger charge is 2.29. The number of carbonyl (C=O) groups is 4. The molecule has 0 spiro atoms. The van der Waals surface area contributed by atoms with E-state index in [2.05, 4.69) is 38.1 Å². The molecule has 0 saturated carbocycles. The van der Waals surface area contributed by atoms with E-state index in [1.807, 2.05) is 13.8 Å². The third kappa shape index (κ3) is 5.38. The number of likely N-dealkylation sites (N-methyl/N-ethyl adjacent to an activating group) is 1. The van der Waals surface area contributed by atoms with Crippen molar-refractivity contribution in [3.05, 3.63) is 82.0 Å². The lowest BCUT2D eigenvalue weighted by Gasteiger charge is -2.24. The average Bonchev–Trinajstić information content (AvgIpc) is 3.22. The molecule has 0 fully saturated rings. The molecule has 0 saturated heterocycles. The SMILES string of the molecule is CCc1cc(Cc2cc(CC)c(N3C(=O)C=CC3=O)c(CC)c2)cc(CC)c1N(C)C(=O)/C=C\C=O. The Balaban J connectivity index is 2.03. The van der Waals surface area contributed by atoms with Gasteiger partial charge in [-0.2, -0.15) is 0 Å². The van der Waals surface area contributed by atoms with Crippen LogP contribution < -0.4 is 9.80 Å². The van der Waals surface area contributed by atoms with Crippen molar-refractivity contribution in [2.24, 2.45) is 0 Å². The number of anilines is 2. The van der Waals surface area contributed by atoms with Gasteiger partial charge in [0.1, 0.15) is 6.29 Å². The maximum absolute atomic E-state index is 12.6. The summed E-state index contributed by atoms with van der Waals surface area (Å²) < 4.78 is 0. The van der Waals surface area contributed by atoms with Gasteiger partial charge in [0.05, 0.1) is 5.69 Å². The minimum atomic E-state index is -0.297. The predicted molar refractivity (Wildman–Crippen MR) is 143 cm³/mol. The summed E-state index contributed by atoms with van der Waals surface area (Å²) in [6.07, 6.45) is 9.37. The molecule has 0 bridgehead atoms. The minimum Gasteiger partial charge on any atom is -0.311 e. The highest BCUT2D eigenvalue weighted by Crippen LogP contribution is 2.33. The van der Waals surface area contributed by atoms with Gasteiger partial charge in [0.15, 0.2) is 0 Å². The lowest BCUT2D eigenvalue weighted by atomic mass is 9.92. The van der Waals surface area contributed by atoms with Crippen LogP contribution in [0.5, 0.6) is 0 Å². The summed E-state index contributed by atoms with van der Waals surface area (Å²) in [5.41, 5.74) is 7.96. The first-order valence-corrected chi connectivity index (χ1v) is 12.5. The van der Waals surface area contributed by atoms with Crippen LogP contribution in [0.4, 0.5) is 11.4 Å². The van der Waals surface area contributed by atoms with E-state index in [1.165, 1.54) is 29.2 Å². The van der Waals surface area contributed by atoms with Crippen molar-refractivity contribution >= 4 is 35.4 Å². The van der Waals surface area contributed by atoms with Crippen LogP contribution in [0.15, 0.2) is 48.6 Å². The van der Waals surface area contributed by atoms with Gasteiger partial charge in [0.2, 0.25) is 0 Å². The monoisotopic (exact) mass is 486 g/mol. The quantitative estimate of drug-likeness (QED) is 0.278. The summed E-state index contributed by atoms with van der Waals surface area (Å²) in [6, 6.07) is 8.48. The number of hydrogen-bond acceptors (Lipinski definition) is 4. The third-order valence-corrected chi connectivity index (χ3v) is 6.60. The van der Waals surface area contributed by atoms with E-state index in [1.54, 1.807) is 11.9 Å². The van der Waals surface area contributed by atoms with Gasteiger partial charge in [0, 0.05) is 31.0 Å². The second kappa shape index (κ2) is 11.8. The normalized spacial score (nSPS) is 13.2. The molecule has 188 valence electrons. The highest BCUT2D eigenvalue weighted by molar-refractivity contribution is 6.28. The predicted octanol–water partition coefficient (Wildman–Crippen LogP) is 4.67. The number of imide groups is 1. The second-order valence-corrected chi connectivity index (χ2v) is 8.85. The van der Waals surface area contributed by atoms with E-state index in [0.717, 1.165) is 51.9 Å². The van der Waals surface area contributed by atoms with Gasteiger partial charge in [-0.15, -0.1) is 0 Å². The van der Waals surface area contributed by atoms with Crippen LogP contribution in [0.2, 0.25) is 0 Å². The molecule has 3 rings (SSSR count). The molecule has 0 radical (unpaired) electrons. The number of aryl methyl sites for hydroxylation is 4. The Morgan fingerprint density at radius 1 is 0.806 bits per heavy atom. The molecule has 0 unspecified atom stereocenters. The molecule has 0 N–H and O–H groups in total. The Labute approximate surface area is 213 Å². The van der Waals surface area contributed by atoms with Gasteiger partial charge in [0.25, 0.3) is 17.7 Å². The summed E-state index contributed by atoms with van der Waals surface area (Å²) in [6.45, 7) is 8.20. The van der Waals surface area contributed by atoms with Gasteiger partial charge < -0.3 is 4.90 Å². The van der Waals surface area contributed by atoms with E-state index in [4.69, 9.17) is 0 Å². The van der Waals surface area contributed by atoms with Crippen molar-refractivity contribution < 1.29 is 19.2 Å². The summed E-state index contributed by atoms with van der Waals surface area (Å²) in [4.78, 5) is 50.9. The fourth-order valence-electron chi connectivity index (χ4n) is 4.86. The molecule has 1 heterocycles. The van der Waals surface area contributed by atoms with Crippen molar-refractivity contribution in [3.63, 3.8) is 0 Å². The first-order valence-electron chi connectivity index (χ1n) is 12.5. The number of carbonyl (C=O) groups excluding carboxylic acids is 4. The lowest BCUT2D eigenvalue weighted by Crippen LogP contribution is -2.31. The van der Waals surface area contributed by atoms with Gasteiger partial charge in [-0.3, -0.25) is 19.2 Å². The standard InChI is InChI=1S/C30H34N2O4/c1-6-22-16-20(17-23(7-2)29(22)31(5)26(34)11-10-14-33)15-21-18-24(8-3)30(25(9-4)19-21)32-27(35)12-13-28(32)36/h10-14,16-19H,6-9,15H2,1-5H3/b11-10-. The molecule has 0 aliphatic carbocycles. The molecular formula is C30H34N2O4. The van der Waals surface area contributed by atoms with E-state index >= 15 is 0 Å². The topological polar surface area (TPSA) is 74.8 Å². The zero-order valence-corrected chi connectivity index (χ0v) is 21.8. The van der Waals surface area contributed by atoms with Crippen molar-refractivity contribution in [2.45, 2.75) is 59.8 Å². The smallest absolute Gasteiger partial charge is 0.258 e. The zero-order valence-electron chi connectivity index (χ0n) is 21.8. The number of allylic oxidation sites excluding steroid dienone is 1. The first kappa shape index (κ1) is 26.8. The largest absolute Gasteiger partial charge is 0.311 e. The van der Waals surface area contributed by atoms with Crippen molar-refractivity contribution in [1.29, 1.82) is 0 Å². The number of rotatable bonds is 10. The van der Waals surface area contributed by atoms with Gasteiger partial charge in [-0.1, -0.05) is 52.0 Å². The fraction of sp³-hybridized carbons (Fsp3) is 0.333. The van der Waals surface area contributed by atoms with Crippen LogP contribution >= 0.6 is 0 Å². The zero-order chi connectivity index (χ0) is 26.4. The maximum atomic E-state index is 12.6. The van der Waals surface area contributed by atoms with Gasteiger partial charge >= 0.3 is 0 Å². The molecule has 3 amide bonds. The fourth-order valence-corrected chi connectivity index (χ4v) is 4.86. The summed E-state index contributed by atoms with van der Waals surface area (Å²) in [5.74, 6) is -0.834. The molecule has 0 atom stereocenters. The summed E-state index contributed by atoms with van der Waals surface area (Å²) in [5, 5.41) is 0. The van der Waals surface area contributed by atoms with Crippen LogP contribution in [0.3, 0.4) is 0 Å². The Kier molecular flexibility index (Phi) is 8.75. The van der Waals surface area contributed by atoms with Crippen molar-refractivity contribution in [2.75, 3.05) is 16.8 Å². The summed E-state index contributed by atoms with van der Waals surface area (Å²) >= 11 is 0. The van der Waals surface area contributed by atoms with Crippen LogP contribution in [-0.4, -0.2) is 31.1 Å². The molecule has 2 aromatic rings. The van der Waals surface area contributed by atoms with Gasteiger partial charge in [-0.05, 0) is 71.6 Å². The van der Waals surface area contributed by atoms with E-state index in [9.17, 15) is 19.2 Å². The van der Waals surface area contributed by atoms with Crippen molar-refractivity contribution in [3.8, 4) is 0 Å². The third-order valence-electron chi connectivity index (χ3n) is 6.60. The molecule has 2 aromatic carbocycles. The van der Waals surface area contributed by atoms with E-state index < -0.39 is 0 Å². The molecule has 1 aliphatic rings. The van der Waals surface area contributed by atoms with E-state index in [0.29, 0.717) is 31.2 Å². The lowest BCUT2D eigenvalue weighted by molar-refractivity contribution is -0.120. The number of benzene rings is 2. The Bertz CT molecular complexity index is 1190. The Hall–Kier alpha value is -3.80.